The Morgan fingerprint density at radius 3 is 1.95 bits per heavy atom. The second-order valence-corrected chi connectivity index (χ2v) is 9.71. The summed E-state index contributed by atoms with van der Waals surface area (Å²) in [5.74, 6) is 0.869. The third-order valence-electron chi connectivity index (χ3n) is 7.03. The number of para-hydroxylation sites is 5. The Bertz CT molecular complexity index is 1670. The number of anilines is 3. The molecule has 0 amide bonds. The predicted molar refractivity (Wildman–Crippen MR) is 174 cm³/mol. The van der Waals surface area contributed by atoms with E-state index in [0.29, 0.717) is 6.61 Å². The summed E-state index contributed by atoms with van der Waals surface area (Å²) in [6, 6.07) is 35.0. The molecule has 6 aromatic rings. The van der Waals surface area contributed by atoms with E-state index in [1.165, 1.54) is 5.39 Å². The average Bonchev–Trinajstić information content (AvgIpc) is 2.99. The van der Waals surface area contributed by atoms with E-state index in [1.54, 1.807) is 0 Å². The Labute approximate surface area is 246 Å². The Hall–Kier alpha value is -4.39. The van der Waals surface area contributed by atoms with E-state index >= 15 is 0 Å². The maximum absolute atomic E-state index is 6.26. The van der Waals surface area contributed by atoms with Crippen LogP contribution in [0, 0.1) is 0 Å². The van der Waals surface area contributed by atoms with E-state index < -0.39 is 0 Å². The van der Waals surface area contributed by atoms with Crippen LogP contribution in [0.4, 0.5) is 17.1 Å². The highest BCUT2D eigenvalue weighted by Gasteiger charge is 2.11. The third kappa shape index (κ3) is 6.85. The molecule has 0 unspecified atom stereocenters. The summed E-state index contributed by atoms with van der Waals surface area (Å²) < 4.78 is 6.26. The van der Waals surface area contributed by atoms with Crippen molar-refractivity contribution in [2.75, 3.05) is 23.8 Å². The normalized spacial score (nSPS) is 10.6. The van der Waals surface area contributed by atoms with Crippen molar-refractivity contribution in [2.24, 2.45) is 0 Å². The van der Waals surface area contributed by atoms with Crippen molar-refractivity contribution in [3.8, 4) is 5.75 Å². The molecule has 0 saturated carbocycles. The predicted octanol–water partition coefficient (Wildman–Crippen LogP) is 8.33. The summed E-state index contributed by atoms with van der Waals surface area (Å²) in [5.41, 5.74) is 6.16. The molecular formula is C34H35ClN4O2. The number of benzene rings is 4. The number of hydrogen-bond acceptors (Lipinski definition) is 5. The highest BCUT2D eigenvalue weighted by molar-refractivity contribution is 6.08. The van der Waals surface area contributed by atoms with Gasteiger partial charge in [-0.2, -0.15) is 0 Å². The Morgan fingerprint density at radius 1 is 0.585 bits per heavy atom. The van der Waals surface area contributed by atoms with Gasteiger partial charge in [0.05, 0.1) is 34.5 Å². The van der Waals surface area contributed by atoms with Gasteiger partial charge in [0.2, 0.25) is 0 Å². The molecular weight excluding hydrogens is 532 g/mol. The fourth-order valence-corrected chi connectivity index (χ4v) is 5.04. The van der Waals surface area contributed by atoms with Crippen LogP contribution in [0.3, 0.4) is 0 Å². The SMILES string of the molecule is Cl.O.c1ccc(OCCCCCCNc2ccnc3ccccc23)c(Nc2c3ccccc3nc3ccccc23)c1. The molecule has 0 bridgehead atoms. The van der Waals surface area contributed by atoms with E-state index in [0.717, 1.165) is 82.4 Å². The van der Waals surface area contributed by atoms with Gasteiger partial charge in [0, 0.05) is 34.6 Å². The number of pyridine rings is 2. The molecule has 2 aromatic heterocycles. The standard InChI is InChI=1S/C34H32N4O.ClH.H2O/c1(11-22-35-29-21-23-36-28-16-6-3-13-25(28)29)2-12-24-39-33-20-10-9-19-32(33)38-34-26-14-4-7-17-30(26)37-31-18-8-5-15-27(31)34;;/h3-10,13-21,23H,1-2,11-12,22,24H2,(H,35,36)(H,37,38);1H;1H2. The van der Waals surface area contributed by atoms with Gasteiger partial charge in [-0.3, -0.25) is 4.98 Å². The van der Waals surface area contributed by atoms with Gasteiger partial charge in [0.1, 0.15) is 5.75 Å². The van der Waals surface area contributed by atoms with Gasteiger partial charge in [-0.25, -0.2) is 4.98 Å². The Morgan fingerprint density at radius 2 is 1.20 bits per heavy atom. The number of hydrogen-bond donors (Lipinski definition) is 2. The van der Waals surface area contributed by atoms with Gasteiger partial charge in [-0.1, -0.05) is 79.6 Å². The lowest BCUT2D eigenvalue weighted by atomic mass is 10.1. The van der Waals surface area contributed by atoms with E-state index in [1.807, 2.05) is 42.6 Å². The molecule has 0 fully saturated rings. The minimum atomic E-state index is 0. The van der Waals surface area contributed by atoms with Gasteiger partial charge in [0.15, 0.2) is 0 Å². The quantitative estimate of drug-likeness (QED) is 0.121. The van der Waals surface area contributed by atoms with Crippen molar-refractivity contribution in [1.82, 2.24) is 9.97 Å². The largest absolute Gasteiger partial charge is 0.491 e. The molecule has 0 aliphatic heterocycles. The van der Waals surface area contributed by atoms with Crippen LogP contribution in [0.5, 0.6) is 5.75 Å². The third-order valence-corrected chi connectivity index (χ3v) is 7.03. The molecule has 4 N–H and O–H groups in total. The molecule has 0 atom stereocenters. The topological polar surface area (TPSA) is 90.6 Å². The molecule has 41 heavy (non-hydrogen) atoms. The van der Waals surface area contributed by atoms with Crippen molar-refractivity contribution in [1.29, 1.82) is 0 Å². The van der Waals surface area contributed by atoms with Gasteiger partial charge in [0.25, 0.3) is 0 Å². The van der Waals surface area contributed by atoms with Crippen LogP contribution in [-0.4, -0.2) is 28.6 Å². The number of rotatable bonds is 11. The molecule has 0 radical (unpaired) electrons. The van der Waals surface area contributed by atoms with Crippen molar-refractivity contribution in [3.05, 3.63) is 109 Å². The summed E-state index contributed by atoms with van der Waals surface area (Å²) in [6.07, 6.45) is 6.31. The molecule has 210 valence electrons. The van der Waals surface area contributed by atoms with Gasteiger partial charge in [-0.15, -0.1) is 12.4 Å². The molecule has 0 aliphatic rings. The second kappa shape index (κ2) is 14.3. The summed E-state index contributed by atoms with van der Waals surface area (Å²) in [5, 5.41) is 10.6. The first kappa shape index (κ1) is 29.6. The first-order valence-corrected chi connectivity index (χ1v) is 13.7. The summed E-state index contributed by atoms with van der Waals surface area (Å²) >= 11 is 0. The Kier molecular flexibility index (Phi) is 10.3. The first-order chi connectivity index (χ1) is 19.4. The lowest BCUT2D eigenvalue weighted by Crippen LogP contribution is -2.04. The lowest BCUT2D eigenvalue weighted by molar-refractivity contribution is 0.306. The van der Waals surface area contributed by atoms with Crippen LogP contribution >= 0.6 is 12.4 Å². The molecule has 4 aromatic carbocycles. The maximum atomic E-state index is 6.26. The average molecular weight is 567 g/mol. The smallest absolute Gasteiger partial charge is 0.142 e. The number of aromatic nitrogens is 2. The van der Waals surface area contributed by atoms with Crippen LogP contribution in [0.25, 0.3) is 32.7 Å². The highest BCUT2D eigenvalue weighted by Crippen LogP contribution is 2.36. The fourth-order valence-electron chi connectivity index (χ4n) is 5.04. The molecule has 6 nitrogen and oxygen atoms in total. The van der Waals surface area contributed by atoms with E-state index in [2.05, 4.69) is 82.3 Å². The second-order valence-electron chi connectivity index (χ2n) is 9.71. The molecule has 0 aliphatic carbocycles. The number of ether oxygens (including phenoxy) is 1. The van der Waals surface area contributed by atoms with Gasteiger partial charge < -0.3 is 20.8 Å². The highest BCUT2D eigenvalue weighted by atomic mass is 35.5. The van der Waals surface area contributed by atoms with E-state index in [9.17, 15) is 0 Å². The minimum Gasteiger partial charge on any atom is -0.491 e. The molecule has 7 heteroatoms. The van der Waals surface area contributed by atoms with Crippen molar-refractivity contribution >= 4 is 62.2 Å². The van der Waals surface area contributed by atoms with Crippen molar-refractivity contribution in [3.63, 3.8) is 0 Å². The Balaban J connectivity index is 0.00000194. The monoisotopic (exact) mass is 566 g/mol. The molecule has 0 saturated heterocycles. The van der Waals surface area contributed by atoms with Gasteiger partial charge >= 0.3 is 0 Å². The lowest BCUT2D eigenvalue weighted by Gasteiger charge is -2.16. The molecule has 0 spiro atoms. The summed E-state index contributed by atoms with van der Waals surface area (Å²) in [4.78, 5) is 9.29. The van der Waals surface area contributed by atoms with Crippen LogP contribution < -0.4 is 15.4 Å². The molecule has 2 heterocycles. The number of unbranched alkanes of at least 4 members (excludes halogenated alkanes) is 3. The van der Waals surface area contributed by atoms with E-state index in [4.69, 9.17) is 9.72 Å². The number of nitrogens with one attached hydrogen (secondary N) is 2. The first-order valence-electron chi connectivity index (χ1n) is 13.7. The number of nitrogens with zero attached hydrogens (tertiary/aromatic N) is 2. The van der Waals surface area contributed by atoms with E-state index in [-0.39, 0.29) is 17.9 Å². The number of halogens is 1. The molecule has 6 rings (SSSR count). The van der Waals surface area contributed by atoms with Crippen LogP contribution in [0.1, 0.15) is 25.7 Å². The van der Waals surface area contributed by atoms with Crippen molar-refractivity contribution < 1.29 is 10.2 Å². The zero-order chi connectivity index (χ0) is 26.3. The minimum absolute atomic E-state index is 0. The van der Waals surface area contributed by atoms with Crippen LogP contribution in [-0.2, 0) is 0 Å². The zero-order valence-corrected chi connectivity index (χ0v) is 23.7. The number of fused-ring (bicyclic) bond motifs is 3. The van der Waals surface area contributed by atoms with Gasteiger partial charge in [-0.05, 0) is 49.2 Å². The fraction of sp³-hybridized carbons (Fsp3) is 0.176. The van der Waals surface area contributed by atoms with Crippen molar-refractivity contribution in [2.45, 2.75) is 25.7 Å². The zero-order valence-electron chi connectivity index (χ0n) is 22.8. The van der Waals surface area contributed by atoms with Crippen LogP contribution in [0.15, 0.2) is 109 Å². The summed E-state index contributed by atoms with van der Waals surface area (Å²) in [6.45, 7) is 1.65. The van der Waals surface area contributed by atoms with Crippen LogP contribution in [0.2, 0.25) is 0 Å². The maximum Gasteiger partial charge on any atom is 0.142 e. The summed E-state index contributed by atoms with van der Waals surface area (Å²) in [7, 11) is 0.